The first kappa shape index (κ1) is 25.1. The van der Waals surface area contributed by atoms with E-state index in [1.807, 2.05) is 12.1 Å². The molecular weight excluding hydrogens is 560 g/mol. The minimum absolute atomic E-state index is 0.671. The van der Waals surface area contributed by atoms with Crippen molar-refractivity contribution in [2.24, 2.45) is 0 Å². The standard InChI is InChI=1S/C42H26N4/c1-3-13-27(14-4-1)41-31-18-7-10-20-35(31)43-42(44-41)46-37-22-12-9-19-32(37)40-33-26-34-30-17-8-11-21-36(30)45(29-15-5-2-6-16-29)39(34)25-28(33)23-24-38(40)46/h1-26H. The molecule has 0 radical (unpaired) electrons. The first-order valence-electron chi connectivity index (χ1n) is 15.6. The molecule has 0 aliphatic rings. The van der Waals surface area contributed by atoms with Crippen molar-refractivity contribution in [3.05, 3.63) is 158 Å². The Balaban J connectivity index is 1.32. The van der Waals surface area contributed by atoms with Crippen LogP contribution in [0.4, 0.5) is 0 Å². The quantitative estimate of drug-likeness (QED) is 0.206. The van der Waals surface area contributed by atoms with Crippen molar-refractivity contribution in [3.8, 4) is 22.9 Å². The van der Waals surface area contributed by atoms with E-state index in [1.54, 1.807) is 0 Å². The predicted octanol–water partition coefficient (Wildman–Crippen LogP) is 10.6. The van der Waals surface area contributed by atoms with Gasteiger partial charge in [0.2, 0.25) is 5.95 Å². The third-order valence-corrected chi connectivity index (χ3v) is 9.30. The van der Waals surface area contributed by atoms with Crippen LogP contribution in [0.5, 0.6) is 0 Å². The number of hydrogen-bond acceptors (Lipinski definition) is 2. The van der Waals surface area contributed by atoms with Gasteiger partial charge in [-0.15, -0.1) is 0 Å². The molecule has 10 rings (SSSR count). The lowest BCUT2D eigenvalue weighted by molar-refractivity contribution is 1.01. The van der Waals surface area contributed by atoms with E-state index in [9.17, 15) is 0 Å². The zero-order valence-electron chi connectivity index (χ0n) is 24.8. The summed E-state index contributed by atoms with van der Waals surface area (Å²) >= 11 is 0. The lowest BCUT2D eigenvalue weighted by atomic mass is 10.0. The number of aromatic nitrogens is 4. The minimum atomic E-state index is 0.671. The van der Waals surface area contributed by atoms with E-state index in [2.05, 4.69) is 155 Å². The van der Waals surface area contributed by atoms with Crippen LogP contribution in [0.2, 0.25) is 0 Å². The molecule has 46 heavy (non-hydrogen) atoms. The van der Waals surface area contributed by atoms with E-state index >= 15 is 0 Å². The highest BCUT2D eigenvalue weighted by Gasteiger charge is 2.20. The molecular formula is C42H26N4. The molecule has 0 aliphatic carbocycles. The van der Waals surface area contributed by atoms with Gasteiger partial charge in [0, 0.05) is 38.2 Å². The smallest absolute Gasteiger partial charge is 0.235 e. The van der Waals surface area contributed by atoms with Gasteiger partial charge in [-0.1, -0.05) is 109 Å². The Kier molecular flexibility index (Phi) is 5.25. The number of nitrogens with zero attached hydrogens (tertiary/aromatic N) is 4. The van der Waals surface area contributed by atoms with Crippen LogP contribution in [-0.4, -0.2) is 19.1 Å². The lowest BCUT2D eigenvalue weighted by Crippen LogP contribution is -2.03. The second kappa shape index (κ2) is 9.62. The summed E-state index contributed by atoms with van der Waals surface area (Å²) in [6.07, 6.45) is 0. The molecule has 0 bridgehead atoms. The molecule has 10 aromatic rings. The monoisotopic (exact) mass is 586 g/mol. The van der Waals surface area contributed by atoms with Crippen LogP contribution in [-0.2, 0) is 0 Å². The third kappa shape index (κ3) is 3.55. The third-order valence-electron chi connectivity index (χ3n) is 9.30. The number of benzene rings is 7. The van der Waals surface area contributed by atoms with Crippen LogP contribution in [0.1, 0.15) is 0 Å². The molecule has 0 spiro atoms. The Morgan fingerprint density at radius 2 is 1.04 bits per heavy atom. The van der Waals surface area contributed by atoms with Crippen LogP contribution >= 0.6 is 0 Å². The van der Waals surface area contributed by atoms with Crippen molar-refractivity contribution in [3.63, 3.8) is 0 Å². The van der Waals surface area contributed by atoms with Crippen LogP contribution in [0, 0.1) is 0 Å². The van der Waals surface area contributed by atoms with Crippen molar-refractivity contribution in [2.75, 3.05) is 0 Å². The highest BCUT2D eigenvalue weighted by molar-refractivity contribution is 6.25. The van der Waals surface area contributed by atoms with E-state index in [-0.39, 0.29) is 0 Å². The first-order chi connectivity index (χ1) is 22.8. The molecule has 0 N–H and O–H groups in total. The Labute approximate surface area is 264 Å². The van der Waals surface area contributed by atoms with Crippen molar-refractivity contribution >= 4 is 65.3 Å². The van der Waals surface area contributed by atoms with Crippen LogP contribution < -0.4 is 0 Å². The zero-order chi connectivity index (χ0) is 30.2. The van der Waals surface area contributed by atoms with Crippen LogP contribution in [0.15, 0.2) is 158 Å². The van der Waals surface area contributed by atoms with Crippen LogP contribution in [0.3, 0.4) is 0 Å². The topological polar surface area (TPSA) is 35.6 Å². The molecule has 0 fully saturated rings. The van der Waals surface area contributed by atoms with Crippen LogP contribution in [0.25, 0.3) is 88.2 Å². The average Bonchev–Trinajstić information content (AvgIpc) is 3.63. The van der Waals surface area contributed by atoms with Crippen molar-refractivity contribution < 1.29 is 0 Å². The van der Waals surface area contributed by atoms with Gasteiger partial charge in [0.1, 0.15) is 0 Å². The molecule has 0 unspecified atom stereocenters. The summed E-state index contributed by atoms with van der Waals surface area (Å²) in [6.45, 7) is 0. The van der Waals surface area contributed by atoms with Gasteiger partial charge >= 0.3 is 0 Å². The maximum Gasteiger partial charge on any atom is 0.235 e. The fraction of sp³-hybridized carbons (Fsp3) is 0. The largest absolute Gasteiger partial charge is 0.309 e. The lowest BCUT2D eigenvalue weighted by Gasteiger charge is -2.12. The van der Waals surface area contributed by atoms with Gasteiger partial charge < -0.3 is 4.57 Å². The summed E-state index contributed by atoms with van der Waals surface area (Å²) in [6, 6.07) is 55.9. The van der Waals surface area contributed by atoms with Gasteiger partial charge in [-0.2, -0.15) is 0 Å². The summed E-state index contributed by atoms with van der Waals surface area (Å²) in [5, 5.41) is 8.35. The number of para-hydroxylation sites is 4. The van der Waals surface area contributed by atoms with Gasteiger partial charge in [0.15, 0.2) is 0 Å². The summed E-state index contributed by atoms with van der Waals surface area (Å²) in [4.78, 5) is 10.4. The van der Waals surface area contributed by atoms with E-state index < -0.39 is 0 Å². The van der Waals surface area contributed by atoms with Crippen molar-refractivity contribution in [1.29, 1.82) is 0 Å². The highest BCUT2D eigenvalue weighted by atomic mass is 15.2. The molecule has 3 heterocycles. The molecule has 0 saturated carbocycles. The van der Waals surface area contributed by atoms with E-state index in [0.717, 1.165) is 38.9 Å². The molecule has 4 heteroatoms. The van der Waals surface area contributed by atoms with E-state index in [0.29, 0.717) is 5.95 Å². The van der Waals surface area contributed by atoms with Gasteiger partial charge in [-0.25, -0.2) is 9.97 Å². The van der Waals surface area contributed by atoms with Gasteiger partial charge in [0.05, 0.1) is 33.3 Å². The molecule has 0 atom stereocenters. The summed E-state index contributed by atoms with van der Waals surface area (Å²) in [5.74, 6) is 0.671. The van der Waals surface area contributed by atoms with Crippen molar-refractivity contribution in [1.82, 2.24) is 19.1 Å². The molecule has 3 aromatic heterocycles. The Morgan fingerprint density at radius 3 is 1.85 bits per heavy atom. The van der Waals surface area contributed by atoms with Crippen molar-refractivity contribution in [2.45, 2.75) is 0 Å². The average molecular weight is 587 g/mol. The van der Waals surface area contributed by atoms with Gasteiger partial charge in [0.25, 0.3) is 0 Å². The molecule has 4 nitrogen and oxygen atoms in total. The summed E-state index contributed by atoms with van der Waals surface area (Å²) < 4.78 is 4.62. The Hall–Kier alpha value is -6.26. The van der Waals surface area contributed by atoms with E-state index in [4.69, 9.17) is 9.97 Å². The minimum Gasteiger partial charge on any atom is -0.309 e. The zero-order valence-corrected chi connectivity index (χ0v) is 24.8. The number of fused-ring (bicyclic) bond motifs is 9. The Bertz CT molecular complexity index is 2790. The predicted molar refractivity (Wildman–Crippen MR) is 191 cm³/mol. The van der Waals surface area contributed by atoms with Gasteiger partial charge in [-0.3, -0.25) is 4.57 Å². The summed E-state index contributed by atoms with van der Waals surface area (Å²) in [5.41, 5.74) is 8.68. The molecule has 0 saturated heterocycles. The molecule has 7 aromatic carbocycles. The second-order valence-electron chi connectivity index (χ2n) is 11.8. The van der Waals surface area contributed by atoms with E-state index in [1.165, 1.54) is 43.4 Å². The fourth-order valence-electron chi connectivity index (χ4n) is 7.31. The maximum absolute atomic E-state index is 5.27. The summed E-state index contributed by atoms with van der Waals surface area (Å²) in [7, 11) is 0. The highest BCUT2D eigenvalue weighted by Crippen LogP contribution is 2.41. The molecule has 0 aliphatic heterocycles. The molecule has 0 amide bonds. The fourth-order valence-corrected chi connectivity index (χ4v) is 7.31. The van der Waals surface area contributed by atoms with Gasteiger partial charge in [-0.05, 0) is 59.3 Å². The molecule has 214 valence electrons. The Morgan fingerprint density at radius 1 is 0.391 bits per heavy atom. The first-order valence-corrected chi connectivity index (χ1v) is 15.6. The normalized spacial score (nSPS) is 11.9. The SMILES string of the molecule is c1ccc(-c2nc(-n3c4ccccc4c4c5cc6c7ccccc7n(-c7ccccc7)c6cc5ccc43)nc3ccccc23)cc1. The number of rotatable bonds is 3. The second-order valence-corrected chi connectivity index (χ2v) is 11.8. The number of hydrogen-bond donors (Lipinski definition) is 0. The maximum atomic E-state index is 5.27.